The number of fused-ring (bicyclic) bond motifs is 1. The fraction of sp³-hybridized carbons (Fsp3) is 0.174. The van der Waals surface area contributed by atoms with Crippen LogP contribution >= 0.6 is 12.2 Å². The summed E-state index contributed by atoms with van der Waals surface area (Å²) in [6.07, 6.45) is 9.34. The molecule has 7 nitrogen and oxygen atoms in total. The molecule has 0 amide bonds. The van der Waals surface area contributed by atoms with E-state index in [1.165, 1.54) is 5.56 Å². The molecule has 0 aliphatic carbocycles. The van der Waals surface area contributed by atoms with Gasteiger partial charge < -0.3 is 10.6 Å². The van der Waals surface area contributed by atoms with Crippen LogP contribution in [0.25, 0.3) is 22.4 Å². The summed E-state index contributed by atoms with van der Waals surface area (Å²) in [7, 11) is 0. The molecule has 31 heavy (non-hydrogen) atoms. The van der Waals surface area contributed by atoms with Crippen molar-refractivity contribution in [3.05, 3.63) is 79.3 Å². The highest BCUT2D eigenvalue weighted by molar-refractivity contribution is 7.80. The molecular formula is C23H23N7S. The first-order valence-corrected chi connectivity index (χ1v) is 10.5. The quantitative estimate of drug-likeness (QED) is 0.324. The average molecular weight is 430 g/mol. The summed E-state index contributed by atoms with van der Waals surface area (Å²) < 4.78 is 1.94. The third-order valence-corrected chi connectivity index (χ3v) is 4.93. The van der Waals surface area contributed by atoms with E-state index in [4.69, 9.17) is 12.2 Å². The van der Waals surface area contributed by atoms with Gasteiger partial charge in [0.25, 0.3) is 0 Å². The Morgan fingerprint density at radius 1 is 1.10 bits per heavy atom. The SMILES string of the molecule is C=CCNC(=S)Nc1ccc2ncc(-c3cnn(CCCc4ccccc4)c3)nc2n1. The minimum Gasteiger partial charge on any atom is -0.359 e. The minimum atomic E-state index is 0.479. The van der Waals surface area contributed by atoms with Gasteiger partial charge in [-0.2, -0.15) is 5.10 Å². The second kappa shape index (κ2) is 9.90. The van der Waals surface area contributed by atoms with Gasteiger partial charge >= 0.3 is 0 Å². The number of nitrogens with one attached hydrogen (secondary N) is 2. The lowest BCUT2D eigenvalue weighted by molar-refractivity contribution is 0.579. The van der Waals surface area contributed by atoms with Crippen LogP contribution in [0.4, 0.5) is 5.82 Å². The van der Waals surface area contributed by atoms with Gasteiger partial charge in [0.1, 0.15) is 11.3 Å². The number of hydrogen-bond donors (Lipinski definition) is 2. The Balaban J connectivity index is 1.44. The normalized spacial score (nSPS) is 10.7. The van der Waals surface area contributed by atoms with Crippen molar-refractivity contribution in [2.24, 2.45) is 0 Å². The average Bonchev–Trinajstić information content (AvgIpc) is 3.27. The first-order valence-electron chi connectivity index (χ1n) is 10.1. The zero-order valence-corrected chi connectivity index (χ0v) is 17.8. The van der Waals surface area contributed by atoms with Crippen molar-refractivity contribution < 1.29 is 0 Å². The van der Waals surface area contributed by atoms with Crippen molar-refractivity contribution in [1.29, 1.82) is 0 Å². The molecule has 0 aliphatic heterocycles. The highest BCUT2D eigenvalue weighted by atomic mass is 32.1. The summed E-state index contributed by atoms with van der Waals surface area (Å²) >= 11 is 5.24. The molecule has 8 heteroatoms. The third-order valence-electron chi connectivity index (χ3n) is 4.68. The highest BCUT2D eigenvalue weighted by Gasteiger charge is 2.08. The van der Waals surface area contributed by atoms with Crippen LogP contribution < -0.4 is 10.6 Å². The Morgan fingerprint density at radius 3 is 2.81 bits per heavy atom. The van der Waals surface area contributed by atoms with Gasteiger partial charge in [0.05, 0.1) is 18.1 Å². The van der Waals surface area contributed by atoms with Crippen molar-refractivity contribution in [2.45, 2.75) is 19.4 Å². The molecule has 4 aromatic rings. The molecule has 0 spiro atoms. The zero-order chi connectivity index (χ0) is 21.5. The first-order chi connectivity index (χ1) is 15.2. The van der Waals surface area contributed by atoms with E-state index in [0.29, 0.717) is 23.1 Å². The summed E-state index contributed by atoms with van der Waals surface area (Å²) in [6, 6.07) is 14.2. The summed E-state index contributed by atoms with van der Waals surface area (Å²) in [5.41, 5.74) is 4.25. The van der Waals surface area contributed by atoms with E-state index in [9.17, 15) is 0 Å². The molecule has 3 heterocycles. The summed E-state index contributed by atoms with van der Waals surface area (Å²) in [4.78, 5) is 13.7. The number of hydrogen-bond acceptors (Lipinski definition) is 5. The maximum Gasteiger partial charge on any atom is 0.180 e. The van der Waals surface area contributed by atoms with E-state index in [0.717, 1.165) is 36.2 Å². The van der Waals surface area contributed by atoms with Gasteiger partial charge in [-0.15, -0.1) is 6.58 Å². The van der Waals surface area contributed by atoms with E-state index in [2.05, 4.69) is 61.5 Å². The number of benzene rings is 1. The van der Waals surface area contributed by atoms with Gasteiger partial charge in [0.2, 0.25) is 0 Å². The number of aryl methyl sites for hydroxylation is 2. The Hall–Kier alpha value is -3.65. The summed E-state index contributed by atoms with van der Waals surface area (Å²) in [6.45, 7) is 5.09. The second-order valence-corrected chi connectivity index (χ2v) is 7.41. The minimum absolute atomic E-state index is 0.479. The molecule has 0 atom stereocenters. The van der Waals surface area contributed by atoms with Crippen LogP contribution in [0.2, 0.25) is 0 Å². The van der Waals surface area contributed by atoms with E-state index in [1.807, 2.05) is 35.3 Å². The molecule has 0 saturated heterocycles. The fourth-order valence-electron chi connectivity index (χ4n) is 3.14. The van der Waals surface area contributed by atoms with Crippen LogP contribution in [0.1, 0.15) is 12.0 Å². The van der Waals surface area contributed by atoms with Crippen LogP contribution in [-0.4, -0.2) is 36.4 Å². The molecular weight excluding hydrogens is 406 g/mol. The van der Waals surface area contributed by atoms with Gasteiger partial charge in [-0.1, -0.05) is 36.4 Å². The lowest BCUT2D eigenvalue weighted by atomic mass is 10.1. The van der Waals surface area contributed by atoms with Crippen LogP contribution in [0.3, 0.4) is 0 Å². The standard InChI is InChI=1S/C23H23N7S/c1-2-12-24-23(31)29-21-11-10-19-22(28-21)27-20(15-25-19)18-14-26-30(16-18)13-6-9-17-7-4-3-5-8-17/h2-5,7-8,10-11,14-16H,1,6,9,12-13H2,(H2,24,27,28,29,31). The van der Waals surface area contributed by atoms with Gasteiger partial charge in [-0.25, -0.2) is 9.97 Å². The van der Waals surface area contributed by atoms with Crippen molar-refractivity contribution in [1.82, 2.24) is 30.0 Å². The monoisotopic (exact) mass is 429 g/mol. The van der Waals surface area contributed by atoms with Crippen LogP contribution in [0.5, 0.6) is 0 Å². The van der Waals surface area contributed by atoms with Gasteiger partial charge in [0.15, 0.2) is 10.8 Å². The zero-order valence-electron chi connectivity index (χ0n) is 17.0. The number of pyridine rings is 1. The van der Waals surface area contributed by atoms with Gasteiger partial charge in [-0.05, 0) is 42.8 Å². The number of thiocarbonyl (C=S) groups is 1. The summed E-state index contributed by atoms with van der Waals surface area (Å²) in [5.74, 6) is 0.608. The number of nitrogens with zero attached hydrogens (tertiary/aromatic N) is 5. The van der Waals surface area contributed by atoms with Gasteiger partial charge in [-0.3, -0.25) is 9.67 Å². The number of aromatic nitrogens is 5. The van der Waals surface area contributed by atoms with E-state index >= 15 is 0 Å². The predicted molar refractivity (Wildman–Crippen MR) is 128 cm³/mol. The Bertz CT molecular complexity index is 1190. The van der Waals surface area contributed by atoms with Crippen molar-refractivity contribution in [2.75, 3.05) is 11.9 Å². The molecule has 0 bridgehead atoms. The maximum absolute atomic E-state index is 5.24. The molecule has 0 saturated carbocycles. The van der Waals surface area contributed by atoms with Crippen molar-refractivity contribution in [3.8, 4) is 11.3 Å². The number of anilines is 1. The highest BCUT2D eigenvalue weighted by Crippen LogP contribution is 2.19. The van der Waals surface area contributed by atoms with Crippen molar-refractivity contribution in [3.63, 3.8) is 0 Å². The molecule has 156 valence electrons. The fourth-order valence-corrected chi connectivity index (χ4v) is 3.33. The Morgan fingerprint density at radius 2 is 1.97 bits per heavy atom. The van der Waals surface area contributed by atoms with E-state index in [-0.39, 0.29) is 0 Å². The smallest absolute Gasteiger partial charge is 0.180 e. The maximum atomic E-state index is 5.24. The molecule has 1 aromatic carbocycles. The van der Waals surface area contributed by atoms with Crippen LogP contribution in [-0.2, 0) is 13.0 Å². The lowest BCUT2D eigenvalue weighted by Crippen LogP contribution is -2.28. The largest absolute Gasteiger partial charge is 0.359 e. The van der Waals surface area contributed by atoms with Crippen LogP contribution in [0, 0.1) is 0 Å². The lowest BCUT2D eigenvalue weighted by Gasteiger charge is -2.08. The third kappa shape index (κ3) is 5.49. The summed E-state index contributed by atoms with van der Waals surface area (Å²) in [5, 5.41) is 11.0. The molecule has 0 radical (unpaired) electrons. The van der Waals surface area contributed by atoms with Crippen molar-refractivity contribution >= 4 is 34.3 Å². The topological polar surface area (TPSA) is 80.5 Å². The van der Waals surface area contributed by atoms with E-state index < -0.39 is 0 Å². The molecule has 2 N–H and O–H groups in total. The molecule has 4 rings (SSSR count). The Kier molecular flexibility index (Phi) is 6.59. The molecule has 0 aliphatic rings. The molecule has 3 aromatic heterocycles. The molecule has 0 fully saturated rings. The van der Waals surface area contributed by atoms with Crippen LogP contribution in [0.15, 0.2) is 73.7 Å². The number of rotatable bonds is 8. The second-order valence-electron chi connectivity index (χ2n) is 7.00. The molecule has 0 unspecified atom stereocenters. The van der Waals surface area contributed by atoms with E-state index in [1.54, 1.807) is 12.3 Å². The first kappa shape index (κ1) is 20.6. The van der Waals surface area contributed by atoms with Gasteiger partial charge in [0, 0.05) is 24.8 Å². The predicted octanol–water partition coefficient (Wildman–Crippen LogP) is 3.99. The Labute approximate surface area is 186 Å².